The SMILES string of the molecule is CCOC(=O)C1CCN(C(=O)CC(C)(C)N)CC1. The van der Waals surface area contributed by atoms with Crippen LogP contribution in [0.3, 0.4) is 0 Å². The van der Waals surface area contributed by atoms with Crippen molar-refractivity contribution in [2.75, 3.05) is 19.7 Å². The van der Waals surface area contributed by atoms with Crippen LogP contribution in [0.4, 0.5) is 0 Å². The molecule has 5 nitrogen and oxygen atoms in total. The second-order valence-electron chi connectivity index (χ2n) is 5.57. The number of nitrogens with zero attached hydrogens (tertiary/aromatic N) is 1. The van der Waals surface area contributed by atoms with Crippen LogP contribution in [0.25, 0.3) is 0 Å². The quantitative estimate of drug-likeness (QED) is 0.759. The van der Waals surface area contributed by atoms with E-state index in [4.69, 9.17) is 10.5 Å². The van der Waals surface area contributed by atoms with Crippen molar-refractivity contribution in [2.24, 2.45) is 11.7 Å². The fraction of sp³-hybridized carbons (Fsp3) is 0.846. The van der Waals surface area contributed by atoms with Gasteiger partial charge in [-0.15, -0.1) is 0 Å². The zero-order chi connectivity index (χ0) is 13.8. The second-order valence-corrected chi connectivity index (χ2v) is 5.57. The molecule has 1 fully saturated rings. The summed E-state index contributed by atoms with van der Waals surface area (Å²) in [6.45, 7) is 7.16. The number of carbonyl (C=O) groups is 2. The van der Waals surface area contributed by atoms with Crippen molar-refractivity contribution in [1.82, 2.24) is 4.90 Å². The van der Waals surface area contributed by atoms with Gasteiger partial charge in [-0.2, -0.15) is 0 Å². The van der Waals surface area contributed by atoms with Gasteiger partial charge in [0.05, 0.1) is 12.5 Å². The lowest BCUT2D eigenvalue weighted by molar-refractivity contribution is -0.151. The van der Waals surface area contributed by atoms with Crippen LogP contribution in [-0.2, 0) is 14.3 Å². The molecule has 2 N–H and O–H groups in total. The van der Waals surface area contributed by atoms with Gasteiger partial charge in [-0.25, -0.2) is 0 Å². The summed E-state index contributed by atoms with van der Waals surface area (Å²) < 4.78 is 5.00. The number of ether oxygens (including phenoxy) is 1. The standard InChI is InChI=1S/C13H24N2O3/c1-4-18-12(17)10-5-7-15(8-6-10)11(16)9-13(2,3)14/h10H,4-9,14H2,1-3H3. The highest BCUT2D eigenvalue weighted by molar-refractivity contribution is 5.78. The fourth-order valence-corrected chi connectivity index (χ4v) is 2.13. The maximum Gasteiger partial charge on any atom is 0.309 e. The highest BCUT2D eigenvalue weighted by atomic mass is 16.5. The van der Waals surface area contributed by atoms with Gasteiger partial charge >= 0.3 is 5.97 Å². The van der Waals surface area contributed by atoms with Crippen LogP contribution in [0.15, 0.2) is 0 Å². The van der Waals surface area contributed by atoms with Crippen LogP contribution in [0.5, 0.6) is 0 Å². The first kappa shape index (κ1) is 15.0. The summed E-state index contributed by atoms with van der Waals surface area (Å²) in [7, 11) is 0. The third-order valence-electron chi connectivity index (χ3n) is 3.07. The predicted molar refractivity (Wildman–Crippen MR) is 68.8 cm³/mol. The summed E-state index contributed by atoms with van der Waals surface area (Å²) in [6, 6.07) is 0. The summed E-state index contributed by atoms with van der Waals surface area (Å²) in [5.74, 6) is -0.117. The van der Waals surface area contributed by atoms with Crippen molar-refractivity contribution in [3.05, 3.63) is 0 Å². The molecule has 0 saturated carbocycles. The molecule has 0 bridgehead atoms. The molecule has 1 saturated heterocycles. The molecule has 1 heterocycles. The lowest BCUT2D eigenvalue weighted by Crippen LogP contribution is -2.45. The third kappa shape index (κ3) is 4.64. The molecule has 18 heavy (non-hydrogen) atoms. The molecular formula is C13H24N2O3. The zero-order valence-corrected chi connectivity index (χ0v) is 11.6. The fourth-order valence-electron chi connectivity index (χ4n) is 2.13. The van der Waals surface area contributed by atoms with E-state index in [0.717, 1.165) is 0 Å². The number of rotatable bonds is 4. The number of esters is 1. The Kier molecular flexibility index (Phi) is 5.14. The van der Waals surface area contributed by atoms with Gasteiger partial charge in [0.2, 0.25) is 5.91 Å². The smallest absolute Gasteiger partial charge is 0.309 e. The molecule has 1 aliphatic rings. The first-order valence-electron chi connectivity index (χ1n) is 6.57. The van der Waals surface area contributed by atoms with Gasteiger partial charge in [0.1, 0.15) is 0 Å². The lowest BCUT2D eigenvalue weighted by Gasteiger charge is -2.32. The van der Waals surface area contributed by atoms with Crippen molar-refractivity contribution < 1.29 is 14.3 Å². The van der Waals surface area contributed by atoms with Gasteiger partial charge in [-0.3, -0.25) is 9.59 Å². The summed E-state index contributed by atoms with van der Waals surface area (Å²) in [6.07, 6.45) is 1.72. The average molecular weight is 256 g/mol. The van der Waals surface area contributed by atoms with Gasteiger partial charge < -0.3 is 15.4 Å². The van der Waals surface area contributed by atoms with E-state index in [1.165, 1.54) is 0 Å². The maximum absolute atomic E-state index is 11.9. The molecular weight excluding hydrogens is 232 g/mol. The molecule has 1 rings (SSSR count). The van der Waals surface area contributed by atoms with E-state index in [-0.39, 0.29) is 17.8 Å². The number of amides is 1. The van der Waals surface area contributed by atoms with Crippen LogP contribution < -0.4 is 5.73 Å². The Morgan fingerprint density at radius 1 is 1.33 bits per heavy atom. The van der Waals surface area contributed by atoms with Crippen molar-refractivity contribution >= 4 is 11.9 Å². The summed E-state index contributed by atoms with van der Waals surface area (Å²) >= 11 is 0. The molecule has 0 radical (unpaired) electrons. The minimum Gasteiger partial charge on any atom is -0.466 e. The van der Waals surface area contributed by atoms with Crippen molar-refractivity contribution in [1.29, 1.82) is 0 Å². The summed E-state index contributed by atoms with van der Waals surface area (Å²) in [4.78, 5) is 25.3. The van der Waals surface area contributed by atoms with Crippen LogP contribution in [0.2, 0.25) is 0 Å². The van der Waals surface area contributed by atoms with E-state index in [0.29, 0.717) is 39.0 Å². The molecule has 1 aliphatic heterocycles. The van der Waals surface area contributed by atoms with Gasteiger partial charge in [0.15, 0.2) is 0 Å². The summed E-state index contributed by atoms with van der Waals surface area (Å²) in [5, 5.41) is 0. The Balaban J connectivity index is 2.39. The van der Waals surface area contributed by atoms with Gasteiger partial charge in [-0.05, 0) is 33.6 Å². The van der Waals surface area contributed by atoms with E-state index in [1.54, 1.807) is 11.8 Å². The highest BCUT2D eigenvalue weighted by Gasteiger charge is 2.29. The molecule has 0 unspecified atom stereocenters. The lowest BCUT2D eigenvalue weighted by atomic mass is 9.95. The van der Waals surface area contributed by atoms with Crippen molar-refractivity contribution in [3.8, 4) is 0 Å². The van der Waals surface area contributed by atoms with E-state index >= 15 is 0 Å². The maximum atomic E-state index is 11.9. The van der Waals surface area contributed by atoms with Crippen LogP contribution in [-0.4, -0.2) is 42.0 Å². The number of carbonyl (C=O) groups excluding carboxylic acids is 2. The molecule has 104 valence electrons. The largest absolute Gasteiger partial charge is 0.466 e. The van der Waals surface area contributed by atoms with Gasteiger partial charge in [-0.1, -0.05) is 0 Å². The third-order valence-corrected chi connectivity index (χ3v) is 3.07. The first-order chi connectivity index (χ1) is 8.33. The van der Waals surface area contributed by atoms with Crippen LogP contribution in [0.1, 0.15) is 40.0 Å². The molecule has 5 heteroatoms. The number of nitrogens with two attached hydrogens (primary N) is 1. The predicted octanol–water partition coefficient (Wildman–Crippen LogP) is 0.915. The first-order valence-corrected chi connectivity index (χ1v) is 6.57. The molecule has 0 spiro atoms. The molecule has 0 atom stereocenters. The zero-order valence-electron chi connectivity index (χ0n) is 11.6. The van der Waals surface area contributed by atoms with Crippen LogP contribution in [0, 0.1) is 5.92 Å². The summed E-state index contributed by atoms with van der Waals surface area (Å²) in [5.41, 5.74) is 5.36. The Morgan fingerprint density at radius 2 is 1.89 bits per heavy atom. The minimum absolute atomic E-state index is 0.0557. The van der Waals surface area contributed by atoms with Crippen molar-refractivity contribution in [2.45, 2.75) is 45.6 Å². The second kappa shape index (κ2) is 6.18. The topological polar surface area (TPSA) is 72.6 Å². The number of hydrogen-bond acceptors (Lipinski definition) is 4. The molecule has 0 aromatic heterocycles. The number of hydrogen-bond donors (Lipinski definition) is 1. The molecule has 1 amide bonds. The monoisotopic (exact) mass is 256 g/mol. The van der Waals surface area contributed by atoms with E-state index in [9.17, 15) is 9.59 Å². The normalized spacial score (nSPS) is 17.7. The minimum atomic E-state index is -0.477. The molecule has 0 aromatic carbocycles. The number of piperidine rings is 1. The Labute approximate surface area is 109 Å². The Hall–Kier alpha value is -1.10. The highest BCUT2D eigenvalue weighted by Crippen LogP contribution is 2.20. The van der Waals surface area contributed by atoms with Gasteiger partial charge in [0, 0.05) is 25.0 Å². The van der Waals surface area contributed by atoms with Gasteiger partial charge in [0.25, 0.3) is 0 Å². The molecule has 0 aliphatic carbocycles. The average Bonchev–Trinajstić information content (AvgIpc) is 2.27. The van der Waals surface area contributed by atoms with Crippen molar-refractivity contribution in [3.63, 3.8) is 0 Å². The number of likely N-dealkylation sites (tertiary alicyclic amines) is 1. The Morgan fingerprint density at radius 3 is 2.33 bits per heavy atom. The van der Waals surface area contributed by atoms with Crippen LogP contribution >= 0.6 is 0 Å². The Bertz CT molecular complexity index is 302. The van der Waals surface area contributed by atoms with E-state index in [2.05, 4.69) is 0 Å². The van der Waals surface area contributed by atoms with E-state index < -0.39 is 5.54 Å². The molecule has 0 aromatic rings. The van der Waals surface area contributed by atoms with E-state index in [1.807, 2.05) is 13.8 Å².